The van der Waals surface area contributed by atoms with Gasteiger partial charge < -0.3 is 9.73 Å². The number of benzene rings is 2. The maximum atomic E-state index is 12.0. The molecule has 0 bridgehead atoms. The van der Waals surface area contributed by atoms with Crippen LogP contribution in [0.2, 0.25) is 5.02 Å². The molecule has 0 aliphatic carbocycles. The smallest absolute Gasteiger partial charge is 0.293 e. The molecule has 0 atom stereocenters. The van der Waals surface area contributed by atoms with Crippen LogP contribution in [0.15, 0.2) is 65.3 Å². The average Bonchev–Trinajstić information content (AvgIpc) is 3.32. The number of anilines is 1. The summed E-state index contributed by atoms with van der Waals surface area (Å²) in [4.78, 5) is 16.6. The Labute approximate surface area is 169 Å². The first-order chi connectivity index (χ1) is 13.1. The number of rotatable bonds is 3. The summed E-state index contributed by atoms with van der Waals surface area (Å²) in [7, 11) is 0. The van der Waals surface area contributed by atoms with Gasteiger partial charge in [0.15, 0.2) is 10.9 Å². The number of aromatic nitrogens is 1. The number of amides is 1. The largest absolute Gasteiger partial charge is 0.459 e. The van der Waals surface area contributed by atoms with E-state index in [2.05, 4.69) is 15.6 Å². The van der Waals surface area contributed by atoms with Crippen molar-refractivity contribution in [2.75, 3.05) is 5.32 Å². The number of carbonyl (C=O) groups is 1. The third-order valence-electron chi connectivity index (χ3n) is 3.72. The van der Waals surface area contributed by atoms with Gasteiger partial charge >= 0.3 is 0 Å². The van der Waals surface area contributed by atoms with Crippen molar-refractivity contribution >= 4 is 62.1 Å². The number of halogens is 1. The Morgan fingerprint density at radius 3 is 2.78 bits per heavy atom. The zero-order chi connectivity index (χ0) is 18.8. The van der Waals surface area contributed by atoms with E-state index in [0.29, 0.717) is 10.7 Å². The van der Waals surface area contributed by atoms with Crippen LogP contribution in [-0.4, -0.2) is 16.0 Å². The number of nitrogens with zero attached hydrogens (tertiary/aromatic N) is 1. The van der Waals surface area contributed by atoms with Gasteiger partial charge in [0.1, 0.15) is 5.01 Å². The number of para-hydroxylation sites is 1. The number of fused-ring (bicyclic) bond motifs is 1. The van der Waals surface area contributed by atoms with Gasteiger partial charge in [-0.25, -0.2) is 4.98 Å². The molecule has 8 heteroatoms. The van der Waals surface area contributed by atoms with Crippen molar-refractivity contribution < 1.29 is 9.21 Å². The van der Waals surface area contributed by atoms with Crippen molar-refractivity contribution in [1.82, 2.24) is 10.3 Å². The van der Waals surface area contributed by atoms with Crippen LogP contribution in [0, 0.1) is 0 Å². The number of hydrogen-bond acceptors (Lipinski definition) is 5. The summed E-state index contributed by atoms with van der Waals surface area (Å²) in [5.41, 5.74) is 2.41. The Hall–Kier alpha value is -2.74. The minimum Gasteiger partial charge on any atom is -0.459 e. The molecule has 27 heavy (non-hydrogen) atoms. The van der Waals surface area contributed by atoms with Crippen molar-refractivity contribution in [3.8, 4) is 10.6 Å². The highest BCUT2D eigenvalue weighted by Crippen LogP contribution is 2.35. The van der Waals surface area contributed by atoms with Gasteiger partial charge in [-0.15, -0.1) is 11.3 Å². The summed E-state index contributed by atoms with van der Waals surface area (Å²) >= 11 is 13.1. The summed E-state index contributed by atoms with van der Waals surface area (Å²) < 4.78 is 6.13. The Bertz CT molecular complexity index is 1110. The first-order valence-electron chi connectivity index (χ1n) is 7.91. The first kappa shape index (κ1) is 17.7. The third-order valence-corrected chi connectivity index (χ3v) is 5.32. The minimum atomic E-state index is -0.419. The average molecular weight is 414 g/mol. The van der Waals surface area contributed by atoms with Crippen molar-refractivity contribution in [1.29, 1.82) is 0 Å². The second kappa shape index (κ2) is 7.48. The van der Waals surface area contributed by atoms with Crippen molar-refractivity contribution in [3.63, 3.8) is 0 Å². The molecule has 2 N–H and O–H groups in total. The van der Waals surface area contributed by atoms with Crippen LogP contribution in [0.5, 0.6) is 0 Å². The van der Waals surface area contributed by atoms with E-state index in [1.54, 1.807) is 35.6 Å². The second-order valence-corrected chi connectivity index (χ2v) is 7.41. The highest BCUT2D eigenvalue weighted by molar-refractivity contribution is 7.80. The van der Waals surface area contributed by atoms with E-state index in [-0.39, 0.29) is 10.9 Å². The van der Waals surface area contributed by atoms with Crippen LogP contribution < -0.4 is 10.6 Å². The van der Waals surface area contributed by atoms with Crippen LogP contribution in [0.4, 0.5) is 5.69 Å². The molecule has 1 amide bonds. The van der Waals surface area contributed by atoms with E-state index in [0.717, 1.165) is 20.8 Å². The molecule has 0 saturated carbocycles. The molecule has 4 rings (SSSR count). The van der Waals surface area contributed by atoms with Gasteiger partial charge in [0, 0.05) is 11.3 Å². The fourth-order valence-corrected chi connectivity index (χ4v) is 3.96. The number of hydrogen-bond donors (Lipinski definition) is 2. The predicted octanol–water partition coefficient (Wildman–Crippen LogP) is 5.34. The fourth-order valence-electron chi connectivity index (χ4n) is 2.49. The normalized spacial score (nSPS) is 10.7. The van der Waals surface area contributed by atoms with Gasteiger partial charge in [0.2, 0.25) is 0 Å². The predicted molar refractivity (Wildman–Crippen MR) is 112 cm³/mol. The number of carbonyl (C=O) groups excluding carboxylic acids is 1. The molecule has 5 nitrogen and oxygen atoms in total. The summed E-state index contributed by atoms with van der Waals surface area (Å²) in [5.74, 6) is -0.233. The molecule has 2 heterocycles. The SMILES string of the molecule is O=C(NC(=S)Nc1ccc(Cl)c(-c2nc3ccccc3s2)c1)c1ccco1. The molecular weight excluding hydrogens is 402 g/mol. The van der Waals surface area contributed by atoms with E-state index in [4.69, 9.17) is 28.2 Å². The molecule has 0 saturated heterocycles. The van der Waals surface area contributed by atoms with E-state index >= 15 is 0 Å². The second-order valence-electron chi connectivity index (χ2n) is 5.57. The Morgan fingerprint density at radius 2 is 2.00 bits per heavy atom. The third kappa shape index (κ3) is 3.85. The molecule has 0 radical (unpaired) electrons. The number of nitrogens with one attached hydrogen (secondary N) is 2. The van der Waals surface area contributed by atoms with Gasteiger partial charge in [0.25, 0.3) is 5.91 Å². The highest BCUT2D eigenvalue weighted by Gasteiger charge is 2.13. The van der Waals surface area contributed by atoms with Crippen molar-refractivity contribution in [3.05, 3.63) is 71.6 Å². The molecular formula is C19H12ClN3O2S2. The van der Waals surface area contributed by atoms with Crippen LogP contribution in [0.3, 0.4) is 0 Å². The quantitative estimate of drug-likeness (QED) is 0.444. The highest BCUT2D eigenvalue weighted by atomic mass is 35.5. The lowest BCUT2D eigenvalue weighted by Gasteiger charge is -2.10. The topological polar surface area (TPSA) is 67.2 Å². The lowest BCUT2D eigenvalue weighted by atomic mass is 10.2. The lowest BCUT2D eigenvalue weighted by molar-refractivity contribution is 0.0950. The Balaban J connectivity index is 1.55. The summed E-state index contributed by atoms with van der Waals surface area (Å²) in [5, 5.41) is 7.11. The summed E-state index contributed by atoms with van der Waals surface area (Å²) in [6, 6.07) is 16.5. The first-order valence-corrected chi connectivity index (χ1v) is 9.52. The molecule has 0 aliphatic heterocycles. The lowest BCUT2D eigenvalue weighted by Crippen LogP contribution is -2.33. The zero-order valence-corrected chi connectivity index (χ0v) is 16.1. The zero-order valence-electron chi connectivity index (χ0n) is 13.7. The monoisotopic (exact) mass is 413 g/mol. The Morgan fingerprint density at radius 1 is 1.15 bits per heavy atom. The number of furan rings is 1. The van der Waals surface area contributed by atoms with E-state index in [1.807, 2.05) is 30.3 Å². The van der Waals surface area contributed by atoms with Gasteiger partial charge in [0.05, 0.1) is 21.5 Å². The molecule has 2 aromatic carbocycles. The van der Waals surface area contributed by atoms with Crippen LogP contribution in [0.1, 0.15) is 10.6 Å². The Kier molecular flexibility index (Phi) is 4.89. The van der Waals surface area contributed by atoms with Crippen LogP contribution in [-0.2, 0) is 0 Å². The fraction of sp³-hybridized carbons (Fsp3) is 0. The van der Waals surface area contributed by atoms with Crippen molar-refractivity contribution in [2.45, 2.75) is 0 Å². The van der Waals surface area contributed by atoms with Gasteiger partial charge in [-0.1, -0.05) is 23.7 Å². The minimum absolute atomic E-state index is 0.161. The van der Waals surface area contributed by atoms with Crippen LogP contribution >= 0.6 is 35.2 Å². The number of thiazole rings is 1. The molecule has 0 aliphatic rings. The molecule has 4 aromatic rings. The van der Waals surface area contributed by atoms with Crippen LogP contribution in [0.25, 0.3) is 20.8 Å². The molecule has 0 spiro atoms. The molecule has 134 valence electrons. The van der Waals surface area contributed by atoms with Gasteiger partial charge in [-0.05, 0) is 54.7 Å². The summed E-state index contributed by atoms with van der Waals surface area (Å²) in [6.45, 7) is 0. The van der Waals surface area contributed by atoms with E-state index in [9.17, 15) is 4.79 Å². The van der Waals surface area contributed by atoms with Crippen molar-refractivity contribution in [2.24, 2.45) is 0 Å². The van der Waals surface area contributed by atoms with E-state index in [1.165, 1.54) is 6.26 Å². The van der Waals surface area contributed by atoms with E-state index < -0.39 is 5.91 Å². The maximum absolute atomic E-state index is 12.0. The summed E-state index contributed by atoms with van der Waals surface area (Å²) in [6.07, 6.45) is 1.43. The molecule has 2 aromatic heterocycles. The number of thiocarbonyl (C=S) groups is 1. The molecule has 0 unspecified atom stereocenters. The van der Waals surface area contributed by atoms with Gasteiger partial charge in [-0.2, -0.15) is 0 Å². The standard InChI is InChI=1S/C19H12ClN3O2S2/c20-13-8-7-11(21-19(26)23-17(24)15-5-3-9-25-15)10-12(13)18-22-14-4-1-2-6-16(14)27-18/h1-10H,(H2,21,23,24,26). The molecule has 0 fully saturated rings. The maximum Gasteiger partial charge on any atom is 0.293 e. The van der Waals surface area contributed by atoms with Gasteiger partial charge in [-0.3, -0.25) is 10.1 Å².